The fraction of sp³-hybridized carbons (Fsp3) is 0.625. The average Bonchev–Trinajstić information content (AvgIpc) is 2.54. The van der Waals surface area contributed by atoms with Crippen molar-refractivity contribution in [3.05, 3.63) is 23.9 Å². The summed E-state index contributed by atoms with van der Waals surface area (Å²) in [5.41, 5.74) is -0.785. The molecule has 25 heavy (non-hydrogen) atoms. The molecule has 0 spiro atoms. The van der Waals surface area contributed by atoms with Gasteiger partial charge in [0, 0.05) is 32.4 Å². The summed E-state index contributed by atoms with van der Waals surface area (Å²) in [7, 11) is 1.74. The van der Waals surface area contributed by atoms with Gasteiger partial charge in [-0.2, -0.15) is 13.2 Å². The van der Waals surface area contributed by atoms with Gasteiger partial charge in [0.15, 0.2) is 5.96 Å². The third kappa shape index (κ3) is 6.87. The van der Waals surface area contributed by atoms with E-state index in [1.807, 2.05) is 0 Å². The molecule has 0 radical (unpaired) electrons. The summed E-state index contributed by atoms with van der Waals surface area (Å²) in [6, 6.07) is 2.19. The van der Waals surface area contributed by atoms with E-state index in [1.165, 1.54) is 12.5 Å². The first-order chi connectivity index (χ1) is 11.4. The summed E-state index contributed by atoms with van der Waals surface area (Å²) in [5, 5.41) is 3.21. The van der Waals surface area contributed by atoms with E-state index in [9.17, 15) is 13.2 Å². The van der Waals surface area contributed by atoms with E-state index < -0.39 is 11.7 Å². The van der Waals surface area contributed by atoms with Crippen molar-refractivity contribution in [2.24, 2.45) is 10.9 Å². The van der Waals surface area contributed by atoms with Crippen molar-refractivity contribution in [1.82, 2.24) is 15.2 Å². The number of piperidine rings is 1. The second-order valence-electron chi connectivity index (χ2n) is 5.90. The van der Waals surface area contributed by atoms with Crippen molar-refractivity contribution in [3.63, 3.8) is 0 Å². The van der Waals surface area contributed by atoms with Crippen LogP contribution in [0.25, 0.3) is 0 Å². The Kier molecular flexibility index (Phi) is 8.74. The molecule has 142 valence electrons. The minimum absolute atomic E-state index is 0. The number of likely N-dealkylation sites (tertiary alicyclic amines) is 1. The maximum absolute atomic E-state index is 12.4. The summed E-state index contributed by atoms with van der Waals surface area (Å²) in [6.07, 6.45) is -1.23. The second kappa shape index (κ2) is 10.0. The molecule has 2 heterocycles. The molecule has 1 aliphatic heterocycles. The molecule has 1 atom stereocenters. The van der Waals surface area contributed by atoms with Gasteiger partial charge in [-0.25, -0.2) is 4.98 Å². The highest BCUT2D eigenvalue weighted by Crippen LogP contribution is 2.29. The number of ether oxygens (including phenoxy) is 1. The predicted molar refractivity (Wildman–Crippen MR) is 101 cm³/mol. The molecule has 1 N–H and O–H groups in total. The maximum atomic E-state index is 12.4. The van der Waals surface area contributed by atoms with Gasteiger partial charge >= 0.3 is 6.18 Å². The zero-order chi connectivity index (χ0) is 17.6. The number of halogens is 4. The molecule has 0 bridgehead atoms. The molecule has 1 unspecified atom stereocenters. The standard InChI is InChI=1S/C16H23F3N4O.HI/c1-12-4-3-8-23(11-12)15(20-2)21-7-9-24-14-6-5-13(10-22-14)16(17,18)19;/h5-6,10,12H,3-4,7-9,11H2,1-2H3,(H,20,21);1H. The Morgan fingerprint density at radius 3 is 2.76 bits per heavy atom. The van der Waals surface area contributed by atoms with Gasteiger partial charge in [0.2, 0.25) is 5.88 Å². The Morgan fingerprint density at radius 1 is 1.44 bits per heavy atom. The van der Waals surface area contributed by atoms with Crippen LogP contribution in [-0.4, -0.2) is 49.1 Å². The monoisotopic (exact) mass is 472 g/mol. The first kappa shape index (κ1) is 21.8. The number of guanidine groups is 1. The van der Waals surface area contributed by atoms with Crippen molar-refractivity contribution in [3.8, 4) is 5.88 Å². The van der Waals surface area contributed by atoms with E-state index in [4.69, 9.17) is 4.74 Å². The summed E-state index contributed by atoms with van der Waals surface area (Å²) in [6.45, 7) is 4.96. The minimum atomic E-state index is -4.38. The van der Waals surface area contributed by atoms with Crippen molar-refractivity contribution >= 4 is 29.9 Å². The number of alkyl halides is 3. The van der Waals surface area contributed by atoms with Gasteiger partial charge < -0.3 is 15.0 Å². The molecule has 0 aromatic carbocycles. The average molecular weight is 472 g/mol. The van der Waals surface area contributed by atoms with Crippen LogP contribution in [0.4, 0.5) is 13.2 Å². The number of aliphatic imine (C=N–C) groups is 1. The Bertz CT molecular complexity index is 551. The number of hydrogen-bond acceptors (Lipinski definition) is 3. The maximum Gasteiger partial charge on any atom is 0.417 e. The molecule has 1 aromatic rings. The number of aromatic nitrogens is 1. The zero-order valence-electron chi connectivity index (χ0n) is 14.3. The third-order valence-corrected chi connectivity index (χ3v) is 3.87. The fourth-order valence-electron chi connectivity index (χ4n) is 2.67. The van der Waals surface area contributed by atoms with Crippen LogP contribution in [0.1, 0.15) is 25.3 Å². The van der Waals surface area contributed by atoms with Crippen LogP contribution < -0.4 is 10.1 Å². The highest BCUT2D eigenvalue weighted by Gasteiger charge is 2.30. The topological polar surface area (TPSA) is 49.8 Å². The van der Waals surface area contributed by atoms with Gasteiger partial charge in [-0.1, -0.05) is 6.92 Å². The van der Waals surface area contributed by atoms with Crippen LogP contribution in [0, 0.1) is 5.92 Å². The predicted octanol–water partition coefficient (Wildman–Crippen LogP) is 3.40. The molecule has 9 heteroatoms. The summed E-state index contributed by atoms with van der Waals surface area (Å²) < 4.78 is 42.7. The van der Waals surface area contributed by atoms with Gasteiger partial charge in [-0.15, -0.1) is 24.0 Å². The summed E-state index contributed by atoms with van der Waals surface area (Å²) in [5.74, 6) is 1.64. The highest BCUT2D eigenvalue weighted by atomic mass is 127. The Morgan fingerprint density at radius 2 is 2.20 bits per heavy atom. The highest BCUT2D eigenvalue weighted by molar-refractivity contribution is 14.0. The first-order valence-electron chi connectivity index (χ1n) is 8.02. The Labute approximate surface area is 163 Å². The molecule has 2 rings (SSSR count). The number of nitrogens with one attached hydrogen (secondary N) is 1. The molecule has 1 aromatic heterocycles. The lowest BCUT2D eigenvalue weighted by Crippen LogP contribution is -2.47. The quantitative estimate of drug-likeness (QED) is 0.316. The van der Waals surface area contributed by atoms with Gasteiger partial charge in [-0.05, 0) is 24.8 Å². The smallest absolute Gasteiger partial charge is 0.417 e. The molecule has 5 nitrogen and oxygen atoms in total. The van der Waals surface area contributed by atoms with Crippen LogP contribution in [0.5, 0.6) is 5.88 Å². The van der Waals surface area contributed by atoms with Crippen molar-refractivity contribution in [2.75, 3.05) is 33.3 Å². The molecular weight excluding hydrogens is 448 g/mol. The van der Waals surface area contributed by atoms with Crippen molar-refractivity contribution in [1.29, 1.82) is 0 Å². The number of hydrogen-bond donors (Lipinski definition) is 1. The van der Waals surface area contributed by atoms with E-state index in [2.05, 4.69) is 27.1 Å². The molecule has 0 amide bonds. The van der Waals surface area contributed by atoms with Gasteiger partial charge in [0.25, 0.3) is 0 Å². The van der Waals surface area contributed by atoms with E-state index in [0.29, 0.717) is 19.1 Å². The number of pyridine rings is 1. The minimum Gasteiger partial charge on any atom is -0.476 e. The van der Waals surface area contributed by atoms with Gasteiger partial charge in [0.05, 0.1) is 12.1 Å². The number of rotatable bonds is 4. The summed E-state index contributed by atoms with van der Waals surface area (Å²) in [4.78, 5) is 10.1. The lowest BCUT2D eigenvalue weighted by atomic mass is 10.0. The van der Waals surface area contributed by atoms with Crippen LogP contribution in [0.15, 0.2) is 23.3 Å². The summed E-state index contributed by atoms with van der Waals surface area (Å²) >= 11 is 0. The largest absolute Gasteiger partial charge is 0.476 e. The number of nitrogens with zero attached hydrogens (tertiary/aromatic N) is 3. The zero-order valence-corrected chi connectivity index (χ0v) is 16.7. The van der Waals surface area contributed by atoms with Crippen LogP contribution in [-0.2, 0) is 6.18 Å². The lowest BCUT2D eigenvalue weighted by molar-refractivity contribution is -0.137. The Hall–Kier alpha value is -1.26. The molecule has 1 saturated heterocycles. The normalized spacial score (nSPS) is 18.5. The fourth-order valence-corrected chi connectivity index (χ4v) is 2.67. The SMILES string of the molecule is CN=C(NCCOc1ccc(C(F)(F)F)cn1)N1CCCC(C)C1.I. The van der Waals surface area contributed by atoms with Crippen LogP contribution >= 0.6 is 24.0 Å². The van der Waals surface area contributed by atoms with Crippen LogP contribution in [0.2, 0.25) is 0 Å². The van der Waals surface area contributed by atoms with Gasteiger partial charge in [-0.3, -0.25) is 4.99 Å². The molecular formula is C16H24F3IN4O. The first-order valence-corrected chi connectivity index (χ1v) is 8.02. The van der Waals surface area contributed by atoms with Gasteiger partial charge in [0.1, 0.15) is 6.61 Å². The molecule has 1 fully saturated rings. The van der Waals surface area contributed by atoms with Crippen molar-refractivity contribution < 1.29 is 17.9 Å². The van der Waals surface area contributed by atoms with E-state index in [1.54, 1.807) is 7.05 Å². The Balaban J connectivity index is 0.00000312. The third-order valence-electron chi connectivity index (χ3n) is 3.87. The molecule has 1 aliphatic rings. The molecule has 0 saturated carbocycles. The second-order valence-corrected chi connectivity index (χ2v) is 5.90. The van der Waals surface area contributed by atoms with E-state index in [0.717, 1.165) is 37.7 Å². The van der Waals surface area contributed by atoms with E-state index in [-0.39, 0.29) is 29.9 Å². The molecule has 0 aliphatic carbocycles. The van der Waals surface area contributed by atoms with E-state index >= 15 is 0 Å². The van der Waals surface area contributed by atoms with Crippen molar-refractivity contribution in [2.45, 2.75) is 25.9 Å². The lowest BCUT2D eigenvalue weighted by Gasteiger charge is -2.33. The van der Waals surface area contributed by atoms with Crippen LogP contribution in [0.3, 0.4) is 0 Å².